The lowest BCUT2D eigenvalue weighted by molar-refractivity contribution is 0.0993. The van der Waals surface area contributed by atoms with E-state index in [9.17, 15) is 19.2 Å². The van der Waals surface area contributed by atoms with E-state index in [-0.39, 0.29) is 47.9 Å². The third-order valence-electron chi connectivity index (χ3n) is 9.32. The normalized spacial score (nSPS) is 12.9. The van der Waals surface area contributed by atoms with Crippen LogP contribution in [-0.2, 0) is 26.2 Å². The fraction of sp³-hybridized carbons (Fsp3) is 0.342. The van der Waals surface area contributed by atoms with Gasteiger partial charge >= 0.3 is 0 Å². The van der Waals surface area contributed by atoms with Crippen LogP contribution in [-0.4, -0.2) is 73.8 Å². The number of carbonyl (C=O) groups excluding carboxylic acids is 4. The Morgan fingerprint density at radius 3 is 1.98 bits per heavy atom. The number of aryl methyl sites for hydroxylation is 4. The molecule has 0 saturated heterocycles. The van der Waals surface area contributed by atoms with E-state index in [1.54, 1.807) is 55.0 Å². The van der Waals surface area contributed by atoms with Crippen molar-refractivity contribution in [2.45, 2.75) is 73.6 Å². The molecule has 1 fully saturated rings. The number of anilines is 2. The van der Waals surface area contributed by atoms with Crippen molar-refractivity contribution in [2.75, 3.05) is 17.2 Å². The van der Waals surface area contributed by atoms with E-state index < -0.39 is 11.8 Å². The maximum Gasteiger partial charge on any atom is 0.276 e. The third-order valence-corrected chi connectivity index (χ3v) is 9.32. The summed E-state index contributed by atoms with van der Waals surface area (Å²) in [6.45, 7) is 10.8. The van der Waals surface area contributed by atoms with Gasteiger partial charge in [-0.3, -0.25) is 44.2 Å². The summed E-state index contributed by atoms with van der Waals surface area (Å²) in [5, 5.41) is 14.7. The number of benzene rings is 1. The summed E-state index contributed by atoms with van der Waals surface area (Å²) in [5.74, 6) is -0.294. The Bertz CT molecular complexity index is 2520. The van der Waals surface area contributed by atoms with Gasteiger partial charge in [-0.05, 0) is 76.8 Å². The summed E-state index contributed by atoms with van der Waals surface area (Å²) in [5.41, 5.74) is 10.4. The Balaban J connectivity index is 1.24. The molecule has 1 saturated carbocycles. The SMILES string of the molecule is CCn1nc(C)cc1C(=O)Nc1nc2cc(C(C)=O)ncc2n1C/C=C/Cn1c(NC(=O)c2cc(C)nn2CC)nc2cc(C(N)=O)cc(OCC3CC3)c21. The van der Waals surface area contributed by atoms with E-state index in [1.165, 1.54) is 6.92 Å². The predicted molar refractivity (Wildman–Crippen MR) is 204 cm³/mol. The van der Waals surface area contributed by atoms with Gasteiger partial charge in [-0.2, -0.15) is 10.2 Å². The van der Waals surface area contributed by atoms with Gasteiger partial charge in [-0.1, -0.05) is 12.2 Å². The lowest BCUT2D eigenvalue weighted by Crippen LogP contribution is -2.20. The van der Waals surface area contributed by atoms with Crippen LogP contribution in [0.2, 0.25) is 0 Å². The summed E-state index contributed by atoms with van der Waals surface area (Å²) in [6.07, 6.45) is 7.44. The van der Waals surface area contributed by atoms with Gasteiger partial charge in [0.05, 0.1) is 40.7 Å². The minimum absolute atomic E-state index is 0.211. The van der Waals surface area contributed by atoms with Crippen molar-refractivity contribution in [3.05, 3.63) is 82.7 Å². The van der Waals surface area contributed by atoms with Crippen LogP contribution in [0.1, 0.15) is 86.8 Å². The zero-order valence-corrected chi connectivity index (χ0v) is 31.3. The van der Waals surface area contributed by atoms with Crippen LogP contribution >= 0.6 is 0 Å². The van der Waals surface area contributed by atoms with Crippen LogP contribution < -0.4 is 21.1 Å². The number of amides is 3. The topological polar surface area (TPSA) is 212 Å². The molecule has 1 aliphatic carbocycles. The second kappa shape index (κ2) is 15.0. The lowest BCUT2D eigenvalue weighted by Gasteiger charge is -2.13. The first-order valence-corrected chi connectivity index (χ1v) is 18.1. The number of ether oxygens (including phenoxy) is 1. The number of primary amides is 1. The number of hydrogen-bond donors (Lipinski definition) is 3. The Hall–Kier alpha value is -6.65. The molecule has 55 heavy (non-hydrogen) atoms. The fourth-order valence-electron chi connectivity index (χ4n) is 6.37. The summed E-state index contributed by atoms with van der Waals surface area (Å²) in [6, 6.07) is 8.20. The standard InChI is InChI=1S/C38H42N12O5/c1-6-49-29(14-21(3)45-49)35(53)43-37-41-27-18-26(23(5)51)40-19-31(27)47(37)12-8-9-13-48-33-28(16-25(34(39)52)17-32(33)55-20-24-10-11-24)42-38(48)44-36(54)30-15-22(4)46-50(30)7-2/h8-9,14-19,24H,6-7,10-13,20H2,1-5H3,(H2,39,52)(H,41,43,53)(H,42,44,54)/b9-8+. The average Bonchev–Trinajstić information content (AvgIpc) is 3.44. The Kier molecular flexibility index (Phi) is 10.0. The molecule has 0 radical (unpaired) electrons. The minimum atomic E-state index is -0.629. The largest absolute Gasteiger partial charge is 0.491 e. The number of nitrogens with two attached hydrogens (primary N) is 1. The second-order valence-corrected chi connectivity index (χ2v) is 13.5. The van der Waals surface area contributed by atoms with Gasteiger partial charge in [-0.25, -0.2) is 9.97 Å². The number of imidazole rings is 2. The molecule has 7 rings (SSSR count). The lowest BCUT2D eigenvalue weighted by atomic mass is 10.1. The number of carbonyl (C=O) groups is 4. The average molecular weight is 747 g/mol. The second-order valence-electron chi connectivity index (χ2n) is 13.5. The molecule has 6 aromatic rings. The minimum Gasteiger partial charge on any atom is -0.491 e. The van der Waals surface area contributed by atoms with Gasteiger partial charge in [0.1, 0.15) is 28.3 Å². The summed E-state index contributed by atoms with van der Waals surface area (Å²) < 4.78 is 13.1. The van der Waals surface area contributed by atoms with E-state index >= 15 is 0 Å². The highest BCUT2D eigenvalue weighted by Crippen LogP contribution is 2.34. The van der Waals surface area contributed by atoms with Crippen LogP contribution in [0.4, 0.5) is 11.9 Å². The molecule has 0 spiro atoms. The first kappa shape index (κ1) is 36.7. The number of hydrogen-bond acceptors (Lipinski definition) is 10. The summed E-state index contributed by atoms with van der Waals surface area (Å²) >= 11 is 0. The number of fused-ring (bicyclic) bond motifs is 2. The number of aromatic nitrogens is 9. The molecule has 5 heterocycles. The molecule has 0 aliphatic heterocycles. The highest BCUT2D eigenvalue weighted by atomic mass is 16.5. The molecule has 17 heteroatoms. The van der Waals surface area contributed by atoms with Crippen molar-refractivity contribution in [3.8, 4) is 5.75 Å². The van der Waals surface area contributed by atoms with E-state index in [2.05, 4.69) is 30.8 Å². The molecule has 4 N–H and O–H groups in total. The summed E-state index contributed by atoms with van der Waals surface area (Å²) in [7, 11) is 0. The molecule has 284 valence electrons. The van der Waals surface area contributed by atoms with Crippen molar-refractivity contribution in [1.29, 1.82) is 0 Å². The third kappa shape index (κ3) is 7.58. The molecule has 0 unspecified atom stereocenters. The number of allylic oxidation sites excluding steroid dienone is 2. The van der Waals surface area contributed by atoms with E-state index in [0.717, 1.165) is 12.8 Å². The zero-order valence-electron chi connectivity index (χ0n) is 31.3. The van der Waals surface area contributed by atoms with E-state index in [0.29, 0.717) is 76.2 Å². The molecule has 5 aromatic heterocycles. The van der Waals surface area contributed by atoms with Crippen LogP contribution in [0, 0.1) is 19.8 Å². The van der Waals surface area contributed by atoms with Gasteiger partial charge < -0.3 is 19.6 Å². The Morgan fingerprint density at radius 1 is 0.836 bits per heavy atom. The monoisotopic (exact) mass is 746 g/mol. The maximum atomic E-state index is 13.6. The molecular weight excluding hydrogens is 704 g/mol. The highest BCUT2D eigenvalue weighted by Gasteiger charge is 2.25. The number of pyridine rings is 1. The quantitative estimate of drug-likeness (QED) is 0.0975. The van der Waals surface area contributed by atoms with E-state index in [1.807, 2.05) is 39.8 Å². The molecule has 0 atom stereocenters. The number of Topliss-reactive ketones (excluding diaryl/α,β-unsaturated/α-hetero) is 1. The van der Waals surface area contributed by atoms with Crippen molar-refractivity contribution >= 4 is 57.5 Å². The van der Waals surface area contributed by atoms with Gasteiger partial charge in [0.2, 0.25) is 17.8 Å². The van der Waals surface area contributed by atoms with Gasteiger partial charge in [0.15, 0.2) is 5.78 Å². The zero-order chi connectivity index (χ0) is 39.0. The smallest absolute Gasteiger partial charge is 0.276 e. The van der Waals surface area contributed by atoms with Gasteiger partial charge in [-0.15, -0.1) is 0 Å². The molecule has 17 nitrogen and oxygen atoms in total. The predicted octanol–water partition coefficient (Wildman–Crippen LogP) is 4.68. The number of nitrogens with one attached hydrogen (secondary N) is 2. The maximum absolute atomic E-state index is 13.6. The molecule has 0 bridgehead atoms. The molecule has 1 aliphatic rings. The molecular formula is C38H42N12O5. The number of rotatable bonds is 15. The number of ketones is 1. The van der Waals surface area contributed by atoms with Crippen LogP contribution in [0.15, 0.2) is 48.7 Å². The first-order valence-electron chi connectivity index (χ1n) is 18.1. The van der Waals surface area contributed by atoms with Crippen molar-refractivity contribution in [3.63, 3.8) is 0 Å². The van der Waals surface area contributed by atoms with Crippen molar-refractivity contribution in [1.82, 2.24) is 43.6 Å². The van der Waals surface area contributed by atoms with Crippen LogP contribution in [0.3, 0.4) is 0 Å². The Morgan fingerprint density at radius 2 is 1.42 bits per heavy atom. The van der Waals surface area contributed by atoms with Crippen molar-refractivity contribution in [2.24, 2.45) is 11.7 Å². The fourth-order valence-corrected chi connectivity index (χ4v) is 6.37. The number of nitrogens with zero attached hydrogens (tertiary/aromatic N) is 9. The molecule has 1 aromatic carbocycles. The van der Waals surface area contributed by atoms with Crippen molar-refractivity contribution < 1.29 is 23.9 Å². The Labute approximate surface area is 315 Å². The van der Waals surface area contributed by atoms with Crippen LogP contribution in [0.5, 0.6) is 5.75 Å². The first-order chi connectivity index (χ1) is 26.4. The van der Waals surface area contributed by atoms with Gasteiger partial charge in [0.25, 0.3) is 11.8 Å². The molecule has 3 amide bonds. The van der Waals surface area contributed by atoms with Gasteiger partial charge in [0, 0.05) is 38.7 Å². The van der Waals surface area contributed by atoms with Crippen LogP contribution in [0.25, 0.3) is 22.1 Å². The highest BCUT2D eigenvalue weighted by molar-refractivity contribution is 6.05. The van der Waals surface area contributed by atoms with E-state index in [4.69, 9.17) is 15.5 Å². The summed E-state index contributed by atoms with van der Waals surface area (Å²) in [4.78, 5) is 65.3.